The van der Waals surface area contributed by atoms with Crippen molar-refractivity contribution >= 4 is 15.7 Å². The number of nitrogens with zero attached hydrogens (tertiary/aromatic N) is 2. The molecule has 0 radical (unpaired) electrons. The number of hydrogen-bond acceptors (Lipinski definition) is 5. The molecule has 0 N–H and O–H groups in total. The first-order chi connectivity index (χ1) is 13.5. The van der Waals surface area contributed by atoms with Gasteiger partial charge in [-0.15, -0.1) is 0 Å². The van der Waals surface area contributed by atoms with Gasteiger partial charge in [-0.2, -0.15) is 4.98 Å². The summed E-state index contributed by atoms with van der Waals surface area (Å²) in [5, 5.41) is -0.161. The van der Waals surface area contributed by atoms with E-state index in [0.29, 0.717) is 19.0 Å². The molecule has 0 bridgehead atoms. The monoisotopic (exact) mass is 400 g/mol. The summed E-state index contributed by atoms with van der Waals surface area (Å²) in [6.45, 7) is 3.51. The van der Waals surface area contributed by atoms with Crippen LogP contribution in [-0.4, -0.2) is 26.5 Å². The second-order valence-corrected chi connectivity index (χ2v) is 8.96. The highest BCUT2D eigenvalue weighted by Crippen LogP contribution is 2.36. The minimum atomic E-state index is -3.90. The van der Waals surface area contributed by atoms with Gasteiger partial charge in [-0.1, -0.05) is 37.3 Å². The molecule has 146 valence electrons. The third-order valence-electron chi connectivity index (χ3n) is 5.06. The van der Waals surface area contributed by atoms with Crippen molar-refractivity contribution in [3.05, 3.63) is 60.4 Å². The molecule has 2 heterocycles. The quantitative estimate of drug-likeness (QED) is 0.643. The van der Waals surface area contributed by atoms with E-state index in [1.807, 2.05) is 4.90 Å². The first-order valence-electron chi connectivity index (χ1n) is 9.27. The van der Waals surface area contributed by atoms with Crippen LogP contribution in [0.3, 0.4) is 0 Å². The third kappa shape index (κ3) is 3.42. The molecule has 0 amide bonds. The highest BCUT2D eigenvalue weighted by Gasteiger charge is 2.33. The summed E-state index contributed by atoms with van der Waals surface area (Å²) in [6, 6.07) is 14.2. The van der Waals surface area contributed by atoms with Crippen molar-refractivity contribution in [1.82, 2.24) is 4.98 Å². The Kier molecular flexibility index (Phi) is 4.93. The summed E-state index contributed by atoms with van der Waals surface area (Å²) < 4.78 is 46.6. The Bertz CT molecular complexity index is 1070. The van der Waals surface area contributed by atoms with Crippen LogP contribution in [0, 0.1) is 11.7 Å². The van der Waals surface area contributed by atoms with Crippen molar-refractivity contribution in [2.45, 2.75) is 29.7 Å². The molecule has 0 aliphatic carbocycles. The number of halogens is 1. The zero-order valence-corrected chi connectivity index (χ0v) is 16.3. The Hall–Kier alpha value is -2.67. The zero-order chi connectivity index (χ0) is 19.7. The van der Waals surface area contributed by atoms with E-state index in [2.05, 4.69) is 11.9 Å². The van der Waals surface area contributed by atoms with E-state index in [9.17, 15) is 12.8 Å². The maximum Gasteiger partial charge on any atom is 0.236 e. The molecule has 0 saturated carbocycles. The minimum absolute atomic E-state index is 0.0266. The second-order valence-electron chi connectivity index (χ2n) is 7.10. The molecule has 2 aromatic carbocycles. The molecule has 7 heteroatoms. The molecule has 4 rings (SSSR count). The van der Waals surface area contributed by atoms with Crippen LogP contribution >= 0.6 is 0 Å². The predicted molar refractivity (Wildman–Crippen MR) is 104 cm³/mol. The van der Waals surface area contributed by atoms with Gasteiger partial charge in [0, 0.05) is 13.1 Å². The number of piperidine rings is 1. The Morgan fingerprint density at radius 1 is 1.04 bits per heavy atom. The molecule has 1 aliphatic heterocycles. The first kappa shape index (κ1) is 18.7. The van der Waals surface area contributed by atoms with Crippen LogP contribution in [0.2, 0.25) is 0 Å². The largest absolute Gasteiger partial charge is 0.419 e. The van der Waals surface area contributed by atoms with E-state index < -0.39 is 15.7 Å². The fraction of sp³-hybridized carbons (Fsp3) is 0.286. The molecule has 0 unspecified atom stereocenters. The third-order valence-corrected chi connectivity index (χ3v) is 6.73. The van der Waals surface area contributed by atoms with Crippen LogP contribution in [0.1, 0.15) is 19.8 Å². The van der Waals surface area contributed by atoms with Gasteiger partial charge in [-0.05, 0) is 43.0 Å². The summed E-state index contributed by atoms with van der Waals surface area (Å²) >= 11 is 0. The second kappa shape index (κ2) is 7.39. The summed E-state index contributed by atoms with van der Waals surface area (Å²) in [7, 11) is -3.90. The van der Waals surface area contributed by atoms with Crippen molar-refractivity contribution in [3.8, 4) is 11.5 Å². The van der Waals surface area contributed by atoms with E-state index in [1.54, 1.807) is 30.3 Å². The van der Waals surface area contributed by atoms with Crippen molar-refractivity contribution < 1.29 is 17.2 Å². The number of benzene rings is 2. The smallest absolute Gasteiger partial charge is 0.236 e. The van der Waals surface area contributed by atoms with Crippen LogP contribution in [0.5, 0.6) is 0 Å². The van der Waals surface area contributed by atoms with Crippen LogP contribution in [-0.2, 0) is 9.84 Å². The Labute approximate surface area is 163 Å². The van der Waals surface area contributed by atoms with Gasteiger partial charge in [0.15, 0.2) is 0 Å². The van der Waals surface area contributed by atoms with Gasteiger partial charge in [0.1, 0.15) is 5.82 Å². The van der Waals surface area contributed by atoms with Crippen molar-refractivity contribution in [2.75, 3.05) is 18.0 Å². The van der Waals surface area contributed by atoms with E-state index in [-0.39, 0.29) is 27.3 Å². The molecular weight excluding hydrogens is 379 g/mol. The Morgan fingerprint density at radius 2 is 1.68 bits per heavy atom. The maximum absolute atomic E-state index is 14.3. The summed E-state index contributed by atoms with van der Waals surface area (Å²) in [5.74, 6) is 0.223. The van der Waals surface area contributed by atoms with Gasteiger partial charge in [0.25, 0.3) is 0 Å². The van der Waals surface area contributed by atoms with Gasteiger partial charge in [0.05, 0.1) is 10.5 Å². The minimum Gasteiger partial charge on any atom is -0.419 e. The SMILES string of the molecule is CC1CCN(c2oc(-c3ccccc3F)nc2S(=O)(=O)c2ccccc2)CC1. The molecule has 0 atom stereocenters. The van der Waals surface area contributed by atoms with Gasteiger partial charge in [0.2, 0.25) is 26.6 Å². The van der Waals surface area contributed by atoms with E-state index in [1.165, 1.54) is 24.3 Å². The normalized spacial score (nSPS) is 15.7. The topological polar surface area (TPSA) is 63.4 Å². The molecule has 1 aromatic heterocycles. The average molecular weight is 400 g/mol. The van der Waals surface area contributed by atoms with Crippen LogP contribution in [0.25, 0.3) is 11.5 Å². The van der Waals surface area contributed by atoms with Crippen molar-refractivity contribution in [2.24, 2.45) is 5.92 Å². The molecule has 3 aromatic rings. The molecular formula is C21H21FN2O3S. The van der Waals surface area contributed by atoms with E-state index in [4.69, 9.17) is 4.42 Å². The lowest BCUT2D eigenvalue weighted by atomic mass is 9.99. The number of anilines is 1. The molecule has 1 fully saturated rings. The van der Waals surface area contributed by atoms with Gasteiger partial charge in [-0.25, -0.2) is 12.8 Å². The summed E-state index contributed by atoms with van der Waals surface area (Å²) in [5.41, 5.74) is 0.142. The number of hydrogen-bond donors (Lipinski definition) is 0. The van der Waals surface area contributed by atoms with E-state index >= 15 is 0 Å². The first-order valence-corrected chi connectivity index (χ1v) is 10.8. The lowest BCUT2D eigenvalue weighted by Crippen LogP contribution is -2.33. The van der Waals surface area contributed by atoms with Gasteiger partial charge < -0.3 is 9.32 Å². The molecule has 5 nitrogen and oxygen atoms in total. The number of rotatable bonds is 4. The maximum atomic E-state index is 14.3. The lowest BCUT2D eigenvalue weighted by molar-refractivity contribution is 0.415. The Balaban J connectivity index is 1.85. The van der Waals surface area contributed by atoms with Crippen molar-refractivity contribution in [3.63, 3.8) is 0 Å². The van der Waals surface area contributed by atoms with Crippen LogP contribution < -0.4 is 4.90 Å². The Morgan fingerprint density at radius 3 is 2.36 bits per heavy atom. The average Bonchev–Trinajstić information content (AvgIpc) is 3.15. The van der Waals surface area contributed by atoms with Crippen LogP contribution in [0.15, 0.2) is 68.9 Å². The predicted octanol–water partition coefficient (Wildman–Crippen LogP) is 4.55. The zero-order valence-electron chi connectivity index (χ0n) is 15.5. The molecule has 1 aliphatic rings. The lowest BCUT2D eigenvalue weighted by Gasteiger charge is -2.30. The highest BCUT2D eigenvalue weighted by atomic mass is 32.2. The number of aromatic nitrogens is 1. The molecule has 28 heavy (non-hydrogen) atoms. The fourth-order valence-corrected chi connectivity index (χ4v) is 4.69. The standard InChI is InChI=1S/C21H21FN2O3S/c1-15-11-13-24(14-12-15)21-20(28(25,26)16-7-3-2-4-8-16)23-19(27-21)17-9-5-6-10-18(17)22/h2-10,15H,11-14H2,1H3. The summed E-state index contributed by atoms with van der Waals surface area (Å²) in [6.07, 6.45) is 1.86. The number of oxazole rings is 1. The number of sulfone groups is 1. The van der Waals surface area contributed by atoms with Crippen LogP contribution in [0.4, 0.5) is 10.3 Å². The highest BCUT2D eigenvalue weighted by molar-refractivity contribution is 7.91. The van der Waals surface area contributed by atoms with Crippen molar-refractivity contribution in [1.29, 1.82) is 0 Å². The van der Waals surface area contributed by atoms with Gasteiger partial charge >= 0.3 is 0 Å². The van der Waals surface area contributed by atoms with Gasteiger partial charge in [-0.3, -0.25) is 0 Å². The molecule has 1 saturated heterocycles. The fourth-order valence-electron chi connectivity index (χ4n) is 3.35. The molecule has 0 spiro atoms. The summed E-state index contributed by atoms with van der Waals surface area (Å²) in [4.78, 5) is 6.28. The van der Waals surface area contributed by atoms with E-state index in [0.717, 1.165) is 12.8 Å².